The first kappa shape index (κ1) is 21.4. The Kier molecular flexibility index (Phi) is 5.82. The summed E-state index contributed by atoms with van der Waals surface area (Å²) in [5, 5.41) is 15.9. The van der Waals surface area contributed by atoms with Crippen LogP contribution in [0.3, 0.4) is 0 Å². The van der Waals surface area contributed by atoms with E-state index in [0.29, 0.717) is 10.2 Å². The summed E-state index contributed by atoms with van der Waals surface area (Å²) in [5.41, 5.74) is 0.508. The Bertz CT molecular complexity index is 1330. The number of hydrogen-bond donors (Lipinski definition) is 1. The smallest absolute Gasteiger partial charge is 0.433 e. The number of furan rings is 1. The van der Waals surface area contributed by atoms with E-state index in [1.54, 1.807) is 0 Å². The third-order valence-corrected chi connectivity index (χ3v) is 5.88. The van der Waals surface area contributed by atoms with Crippen molar-refractivity contribution in [1.82, 2.24) is 4.57 Å². The summed E-state index contributed by atoms with van der Waals surface area (Å²) in [6, 6.07) is 6.24. The number of nitro groups is 1. The number of amides is 1. The Hall–Kier alpha value is -3.36. The number of aryl methyl sites for hydroxylation is 1. The molecule has 0 aliphatic heterocycles. The maximum atomic E-state index is 12.4. The van der Waals surface area contributed by atoms with E-state index in [2.05, 4.69) is 9.73 Å². The molecular weight excluding hydrogens is 440 g/mol. The normalized spacial score (nSPS) is 12.3. The maximum absolute atomic E-state index is 12.4. The molecule has 12 nitrogen and oxygen atoms in total. The second-order valence-electron chi connectivity index (χ2n) is 5.85. The van der Waals surface area contributed by atoms with Crippen LogP contribution < -0.4 is 9.94 Å². The number of rotatable bonds is 6. The highest BCUT2D eigenvalue weighted by Gasteiger charge is 2.18. The number of nitrogens with two attached hydrogens (primary N) is 1. The van der Waals surface area contributed by atoms with E-state index < -0.39 is 32.7 Å². The summed E-state index contributed by atoms with van der Waals surface area (Å²) in [7, 11) is -2.72. The van der Waals surface area contributed by atoms with Gasteiger partial charge in [-0.3, -0.25) is 19.7 Å². The molecule has 1 amide bonds. The van der Waals surface area contributed by atoms with Crippen molar-refractivity contribution in [3.05, 3.63) is 51.0 Å². The summed E-state index contributed by atoms with van der Waals surface area (Å²) in [5.74, 6) is -2.33. The second-order valence-corrected chi connectivity index (χ2v) is 8.42. The number of methoxy groups -OCH3 is 1. The molecule has 0 saturated carbocycles. The molecule has 0 atom stereocenters. The number of benzene rings is 1. The largest absolute Gasteiger partial charge is 0.469 e. The molecule has 2 heterocycles. The highest BCUT2D eigenvalue weighted by atomic mass is 32.2. The lowest BCUT2D eigenvalue weighted by Crippen LogP contribution is -2.19. The first-order valence-electron chi connectivity index (χ1n) is 8.16. The van der Waals surface area contributed by atoms with Crippen molar-refractivity contribution in [3.63, 3.8) is 0 Å². The first-order chi connectivity index (χ1) is 14.1. The lowest BCUT2D eigenvalue weighted by Gasteiger charge is -2.05. The standard InChI is InChI=1S/C16H14N4O8S2/c1-27-14(21)6-7-19-10-3-2-9(30(17,25)26)8-12(10)29-16(19)18-15(22)11-4-5-13(28-11)20(23)24/h2-5,8H,6-7H2,1H3,(H2,17,25,26). The summed E-state index contributed by atoms with van der Waals surface area (Å²) < 4.78 is 34.7. The van der Waals surface area contributed by atoms with Gasteiger partial charge < -0.3 is 13.7 Å². The summed E-state index contributed by atoms with van der Waals surface area (Å²) in [4.78, 5) is 37.8. The van der Waals surface area contributed by atoms with E-state index in [4.69, 9.17) is 9.56 Å². The molecule has 0 aliphatic carbocycles. The summed E-state index contributed by atoms with van der Waals surface area (Å²) >= 11 is 0.977. The Morgan fingerprint density at radius 2 is 2.07 bits per heavy atom. The minimum Gasteiger partial charge on any atom is -0.469 e. The van der Waals surface area contributed by atoms with Crippen LogP contribution in [-0.4, -0.2) is 36.9 Å². The van der Waals surface area contributed by atoms with E-state index in [0.717, 1.165) is 23.5 Å². The molecule has 158 valence electrons. The Morgan fingerprint density at radius 3 is 2.67 bits per heavy atom. The van der Waals surface area contributed by atoms with Crippen LogP contribution in [0.15, 0.2) is 44.6 Å². The van der Waals surface area contributed by atoms with Gasteiger partial charge in [0.2, 0.25) is 15.8 Å². The van der Waals surface area contributed by atoms with Gasteiger partial charge in [-0.2, -0.15) is 4.99 Å². The lowest BCUT2D eigenvalue weighted by atomic mass is 10.3. The number of ether oxygens (including phenoxy) is 1. The number of nitrogens with zero attached hydrogens (tertiary/aromatic N) is 3. The molecule has 0 unspecified atom stereocenters. The van der Waals surface area contributed by atoms with Crippen molar-refractivity contribution in [1.29, 1.82) is 0 Å². The molecule has 0 fully saturated rings. The van der Waals surface area contributed by atoms with E-state index in [1.807, 2.05) is 0 Å². The van der Waals surface area contributed by atoms with Gasteiger partial charge in [0.1, 0.15) is 4.92 Å². The Morgan fingerprint density at radius 1 is 1.33 bits per heavy atom. The lowest BCUT2D eigenvalue weighted by molar-refractivity contribution is -0.402. The quantitative estimate of drug-likeness (QED) is 0.327. The molecular formula is C16H14N4O8S2. The number of primary sulfonamides is 1. The van der Waals surface area contributed by atoms with Crippen molar-refractivity contribution in [2.24, 2.45) is 10.1 Å². The van der Waals surface area contributed by atoms with Crippen LogP contribution in [0.25, 0.3) is 10.2 Å². The molecule has 14 heteroatoms. The molecule has 2 aromatic heterocycles. The number of fused-ring (bicyclic) bond motifs is 1. The highest BCUT2D eigenvalue weighted by Crippen LogP contribution is 2.22. The second kappa shape index (κ2) is 8.17. The number of hydrogen-bond acceptors (Lipinski definition) is 9. The minimum absolute atomic E-state index is 0.0348. The van der Waals surface area contributed by atoms with Gasteiger partial charge in [-0.05, 0) is 24.3 Å². The zero-order valence-electron chi connectivity index (χ0n) is 15.3. The van der Waals surface area contributed by atoms with E-state index in [1.165, 1.54) is 29.9 Å². The maximum Gasteiger partial charge on any atom is 0.433 e. The van der Waals surface area contributed by atoms with Crippen molar-refractivity contribution in [3.8, 4) is 0 Å². The summed E-state index contributed by atoms with van der Waals surface area (Å²) in [6.07, 6.45) is -0.0348. The third kappa shape index (κ3) is 4.45. The molecule has 3 rings (SSSR count). The molecule has 0 radical (unpaired) electrons. The Labute approximate surface area is 172 Å². The van der Waals surface area contributed by atoms with Crippen molar-refractivity contribution in [2.75, 3.05) is 7.11 Å². The van der Waals surface area contributed by atoms with Gasteiger partial charge in [-0.15, -0.1) is 0 Å². The van der Waals surface area contributed by atoms with Gasteiger partial charge in [0.05, 0.1) is 34.7 Å². The van der Waals surface area contributed by atoms with Crippen LogP contribution >= 0.6 is 11.3 Å². The predicted octanol–water partition coefficient (Wildman–Crippen LogP) is 1.16. The fourth-order valence-corrected chi connectivity index (χ4v) is 4.23. The number of carbonyl (C=O) groups excluding carboxylic acids is 2. The van der Waals surface area contributed by atoms with E-state index >= 15 is 0 Å². The van der Waals surface area contributed by atoms with Crippen molar-refractivity contribution < 1.29 is 32.1 Å². The van der Waals surface area contributed by atoms with Gasteiger partial charge in [0, 0.05) is 6.54 Å². The van der Waals surface area contributed by atoms with Gasteiger partial charge >= 0.3 is 17.8 Å². The minimum atomic E-state index is -3.95. The van der Waals surface area contributed by atoms with Crippen LogP contribution in [0.2, 0.25) is 0 Å². The molecule has 0 spiro atoms. The van der Waals surface area contributed by atoms with Gasteiger partial charge in [-0.1, -0.05) is 11.3 Å². The Balaban J connectivity index is 2.12. The fraction of sp³-hybridized carbons (Fsp3) is 0.188. The van der Waals surface area contributed by atoms with Crippen LogP contribution in [0.4, 0.5) is 5.88 Å². The van der Waals surface area contributed by atoms with E-state index in [-0.39, 0.29) is 28.4 Å². The molecule has 0 saturated heterocycles. The van der Waals surface area contributed by atoms with Crippen LogP contribution in [0.5, 0.6) is 0 Å². The first-order valence-corrected chi connectivity index (χ1v) is 10.5. The van der Waals surface area contributed by atoms with Gasteiger partial charge in [0.15, 0.2) is 4.80 Å². The topological polar surface area (TPSA) is 177 Å². The van der Waals surface area contributed by atoms with Gasteiger partial charge in [0.25, 0.3) is 0 Å². The molecule has 0 aliphatic rings. The molecule has 3 aromatic rings. The number of thiazole rings is 1. The molecule has 2 N–H and O–H groups in total. The highest BCUT2D eigenvalue weighted by molar-refractivity contribution is 7.89. The number of aromatic nitrogens is 1. The number of sulfonamides is 1. The number of esters is 1. The van der Waals surface area contributed by atoms with Crippen molar-refractivity contribution >= 4 is 49.3 Å². The predicted molar refractivity (Wildman–Crippen MR) is 103 cm³/mol. The fourth-order valence-electron chi connectivity index (χ4n) is 2.52. The van der Waals surface area contributed by atoms with Gasteiger partial charge in [-0.25, -0.2) is 13.6 Å². The average molecular weight is 454 g/mol. The molecule has 0 bridgehead atoms. The number of carbonyl (C=O) groups is 2. The SMILES string of the molecule is COC(=O)CCn1c(=NC(=O)c2ccc([N+](=O)[O-])o2)sc2cc(S(N)(=O)=O)ccc21. The zero-order chi connectivity index (χ0) is 22.1. The van der Waals surface area contributed by atoms with E-state index in [9.17, 15) is 28.1 Å². The third-order valence-electron chi connectivity index (χ3n) is 3.93. The monoisotopic (exact) mass is 454 g/mol. The average Bonchev–Trinajstić information content (AvgIpc) is 3.30. The molecule has 1 aromatic carbocycles. The van der Waals surface area contributed by atoms with Crippen LogP contribution in [0, 0.1) is 10.1 Å². The van der Waals surface area contributed by atoms with Crippen molar-refractivity contribution in [2.45, 2.75) is 17.9 Å². The zero-order valence-corrected chi connectivity index (χ0v) is 16.9. The van der Waals surface area contributed by atoms with Crippen LogP contribution in [0.1, 0.15) is 17.0 Å². The summed E-state index contributed by atoms with van der Waals surface area (Å²) in [6.45, 7) is 0.0891. The van der Waals surface area contributed by atoms with Crippen LogP contribution in [-0.2, 0) is 26.1 Å². The molecule has 30 heavy (non-hydrogen) atoms.